The lowest BCUT2D eigenvalue weighted by atomic mass is 9.89. The van der Waals surface area contributed by atoms with Crippen LogP contribution in [0.1, 0.15) is 18.4 Å². The number of alkyl halides is 4. The molecule has 1 fully saturated rings. The number of ether oxygens (including phenoxy) is 1. The third-order valence-electron chi connectivity index (χ3n) is 3.48. The summed E-state index contributed by atoms with van der Waals surface area (Å²) in [5.74, 6) is -0.249. The predicted octanol–water partition coefficient (Wildman–Crippen LogP) is 3.47. The van der Waals surface area contributed by atoms with Gasteiger partial charge in [-0.1, -0.05) is 12.1 Å². The summed E-state index contributed by atoms with van der Waals surface area (Å²) in [7, 11) is 0. The van der Waals surface area contributed by atoms with Crippen LogP contribution in [0.15, 0.2) is 24.3 Å². The van der Waals surface area contributed by atoms with E-state index in [0.717, 1.165) is 25.9 Å². The molecule has 1 saturated heterocycles. The number of hydrogen-bond donors (Lipinski definition) is 1. The van der Waals surface area contributed by atoms with Gasteiger partial charge in [-0.05, 0) is 49.5 Å². The van der Waals surface area contributed by atoms with Crippen molar-refractivity contribution in [2.24, 2.45) is 5.92 Å². The molecule has 2 nitrogen and oxygen atoms in total. The Morgan fingerprint density at radius 3 is 2.30 bits per heavy atom. The predicted molar refractivity (Wildman–Crippen MR) is 67.3 cm³/mol. The minimum Gasteiger partial charge on any atom is -0.406 e. The highest BCUT2D eigenvalue weighted by molar-refractivity contribution is 5.27. The summed E-state index contributed by atoms with van der Waals surface area (Å²) >= 11 is 0. The average Bonchev–Trinajstić information content (AvgIpc) is 2.40. The van der Waals surface area contributed by atoms with E-state index in [0.29, 0.717) is 5.56 Å². The fourth-order valence-electron chi connectivity index (χ4n) is 2.42. The third-order valence-corrected chi connectivity index (χ3v) is 3.48. The Labute approximate surface area is 115 Å². The minimum absolute atomic E-state index is 0.0300. The minimum atomic E-state index is -4.70. The van der Waals surface area contributed by atoms with Gasteiger partial charge in [-0.3, -0.25) is 0 Å². The normalized spacial score (nSPS) is 18.8. The maximum absolute atomic E-state index is 14.1. The van der Waals surface area contributed by atoms with E-state index in [4.69, 9.17) is 0 Å². The van der Waals surface area contributed by atoms with E-state index in [1.54, 1.807) is 0 Å². The number of benzene rings is 1. The summed E-state index contributed by atoms with van der Waals surface area (Å²) in [5.41, 5.74) is 0.686. The van der Waals surface area contributed by atoms with E-state index in [1.165, 1.54) is 24.3 Å². The van der Waals surface area contributed by atoms with Crippen molar-refractivity contribution in [3.05, 3.63) is 29.8 Å². The van der Waals surface area contributed by atoms with Crippen LogP contribution in [0.25, 0.3) is 0 Å². The number of hydrogen-bond acceptors (Lipinski definition) is 2. The van der Waals surface area contributed by atoms with Gasteiger partial charge in [0.05, 0.1) is 0 Å². The van der Waals surface area contributed by atoms with Crippen LogP contribution in [-0.2, 0) is 6.42 Å². The Hall–Kier alpha value is -1.30. The number of rotatable bonds is 4. The van der Waals surface area contributed by atoms with Gasteiger partial charge in [-0.25, -0.2) is 4.39 Å². The molecule has 0 amide bonds. The lowest BCUT2D eigenvalue weighted by Gasteiger charge is -2.25. The van der Waals surface area contributed by atoms with Gasteiger partial charge in [0, 0.05) is 6.42 Å². The highest BCUT2D eigenvalue weighted by Crippen LogP contribution is 2.25. The van der Waals surface area contributed by atoms with Gasteiger partial charge in [0.2, 0.25) is 0 Å². The first-order chi connectivity index (χ1) is 9.44. The molecule has 1 unspecified atom stereocenters. The molecule has 0 aromatic heterocycles. The molecule has 1 heterocycles. The molecule has 1 aliphatic rings. The zero-order valence-electron chi connectivity index (χ0n) is 10.9. The number of piperidine rings is 1. The molecule has 0 aliphatic carbocycles. The van der Waals surface area contributed by atoms with Crippen molar-refractivity contribution in [1.82, 2.24) is 5.32 Å². The molecule has 112 valence electrons. The van der Waals surface area contributed by atoms with Crippen LogP contribution in [0.2, 0.25) is 0 Å². The summed E-state index contributed by atoms with van der Waals surface area (Å²) in [6.07, 6.45) is -3.81. The summed E-state index contributed by atoms with van der Waals surface area (Å²) in [6.45, 7) is 1.65. The van der Waals surface area contributed by atoms with Gasteiger partial charge >= 0.3 is 6.36 Å². The summed E-state index contributed by atoms with van der Waals surface area (Å²) < 4.78 is 53.9. The van der Waals surface area contributed by atoms with Crippen molar-refractivity contribution in [1.29, 1.82) is 0 Å². The van der Waals surface area contributed by atoms with Crippen LogP contribution in [0.4, 0.5) is 17.6 Å². The molecule has 1 aromatic carbocycles. The van der Waals surface area contributed by atoms with Gasteiger partial charge in [0.25, 0.3) is 0 Å². The lowest BCUT2D eigenvalue weighted by molar-refractivity contribution is -0.274. The Bertz CT molecular complexity index is 412. The second-order valence-electron chi connectivity index (χ2n) is 5.00. The Balaban J connectivity index is 1.89. The quantitative estimate of drug-likeness (QED) is 0.858. The van der Waals surface area contributed by atoms with Gasteiger partial charge < -0.3 is 10.1 Å². The zero-order chi connectivity index (χ0) is 14.6. The molecule has 0 saturated carbocycles. The maximum Gasteiger partial charge on any atom is 0.573 e. The Kier molecular flexibility index (Phi) is 4.86. The molecule has 2 rings (SSSR count). The van der Waals surface area contributed by atoms with E-state index in [2.05, 4.69) is 10.1 Å². The molecule has 0 radical (unpaired) electrons. The summed E-state index contributed by atoms with van der Waals surface area (Å²) in [5, 5.41) is 3.17. The Morgan fingerprint density at radius 2 is 1.75 bits per heavy atom. The van der Waals surface area contributed by atoms with Crippen molar-refractivity contribution in [3.8, 4) is 5.75 Å². The van der Waals surface area contributed by atoms with E-state index in [1.807, 2.05) is 0 Å². The first kappa shape index (κ1) is 15.1. The van der Waals surface area contributed by atoms with Crippen LogP contribution in [0.5, 0.6) is 5.75 Å². The number of halogens is 4. The first-order valence-corrected chi connectivity index (χ1v) is 6.63. The van der Waals surface area contributed by atoms with E-state index < -0.39 is 12.5 Å². The number of nitrogens with one attached hydrogen (secondary N) is 1. The average molecular weight is 291 g/mol. The van der Waals surface area contributed by atoms with Crippen LogP contribution >= 0.6 is 0 Å². The third kappa shape index (κ3) is 4.67. The molecular weight excluding hydrogens is 274 g/mol. The monoisotopic (exact) mass is 291 g/mol. The van der Waals surface area contributed by atoms with Crippen LogP contribution in [-0.4, -0.2) is 25.6 Å². The second-order valence-corrected chi connectivity index (χ2v) is 5.00. The van der Waals surface area contributed by atoms with Gasteiger partial charge in [0.1, 0.15) is 11.9 Å². The molecule has 1 N–H and O–H groups in total. The molecule has 1 atom stereocenters. The summed E-state index contributed by atoms with van der Waals surface area (Å²) in [6, 6.07) is 5.40. The highest BCUT2D eigenvalue weighted by atomic mass is 19.4. The fourth-order valence-corrected chi connectivity index (χ4v) is 2.42. The lowest BCUT2D eigenvalue weighted by Crippen LogP contribution is -2.33. The maximum atomic E-state index is 14.1. The van der Waals surface area contributed by atoms with Crippen LogP contribution in [0, 0.1) is 5.92 Å². The van der Waals surface area contributed by atoms with Crippen molar-refractivity contribution in [2.45, 2.75) is 31.8 Å². The van der Waals surface area contributed by atoms with Crippen molar-refractivity contribution >= 4 is 0 Å². The van der Waals surface area contributed by atoms with Gasteiger partial charge in [-0.15, -0.1) is 13.2 Å². The molecule has 0 bridgehead atoms. The molecule has 6 heteroatoms. The van der Waals surface area contributed by atoms with Crippen LogP contribution < -0.4 is 10.1 Å². The van der Waals surface area contributed by atoms with Crippen LogP contribution in [0.3, 0.4) is 0 Å². The Morgan fingerprint density at radius 1 is 1.15 bits per heavy atom. The second kappa shape index (κ2) is 6.43. The topological polar surface area (TPSA) is 21.3 Å². The first-order valence-electron chi connectivity index (χ1n) is 6.63. The standard InChI is InChI=1S/C14H17F4NO/c15-13(11-5-7-19-8-6-11)9-10-1-3-12(4-2-10)20-14(16,17)18/h1-4,11,13,19H,5-9H2. The SMILES string of the molecule is FC(Cc1ccc(OC(F)(F)F)cc1)C1CCNCC1. The highest BCUT2D eigenvalue weighted by Gasteiger charge is 2.31. The van der Waals surface area contributed by atoms with Crippen molar-refractivity contribution < 1.29 is 22.3 Å². The molecule has 1 aliphatic heterocycles. The van der Waals surface area contributed by atoms with E-state index in [9.17, 15) is 17.6 Å². The molecule has 0 spiro atoms. The van der Waals surface area contributed by atoms with Crippen molar-refractivity contribution in [2.75, 3.05) is 13.1 Å². The van der Waals surface area contributed by atoms with E-state index in [-0.39, 0.29) is 18.1 Å². The van der Waals surface area contributed by atoms with Gasteiger partial charge in [0.15, 0.2) is 0 Å². The zero-order valence-corrected chi connectivity index (χ0v) is 10.9. The fraction of sp³-hybridized carbons (Fsp3) is 0.571. The summed E-state index contributed by atoms with van der Waals surface area (Å²) in [4.78, 5) is 0. The van der Waals surface area contributed by atoms with Crippen molar-refractivity contribution in [3.63, 3.8) is 0 Å². The molecule has 20 heavy (non-hydrogen) atoms. The van der Waals surface area contributed by atoms with E-state index >= 15 is 0 Å². The molecular formula is C14H17F4NO. The largest absolute Gasteiger partial charge is 0.573 e. The van der Waals surface area contributed by atoms with Gasteiger partial charge in [-0.2, -0.15) is 0 Å². The molecule has 1 aromatic rings. The smallest absolute Gasteiger partial charge is 0.406 e.